The summed E-state index contributed by atoms with van der Waals surface area (Å²) >= 11 is 5.70. The molecule has 0 unspecified atom stereocenters. The quantitative estimate of drug-likeness (QED) is 0.489. The van der Waals surface area contributed by atoms with E-state index in [0.717, 1.165) is 6.07 Å². The summed E-state index contributed by atoms with van der Waals surface area (Å²) in [5, 5.41) is 19.4. The molecule has 0 bridgehead atoms. The van der Waals surface area contributed by atoms with E-state index in [1.54, 1.807) is 0 Å². The van der Waals surface area contributed by atoms with Gasteiger partial charge in [-0.25, -0.2) is 0 Å². The first-order valence-corrected chi connectivity index (χ1v) is 5.51. The highest BCUT2D eigenvalue weighted by atomic mass is 35.5. The lowest BCUT2D eigenvalue weighted by molar-refractivity contribution is -0.385. The number of ketones is 1. The second-order valence-electron chi connectivity index (χ2n) is 3.58. The molecule has 0 spiro atoms. The number of nitro groups is 1. The molecule has 19 heavy (non-hydrogen) atoms. The van der Waals surface area contributed by atoms with Gasteiger partial charge in [-0.15, -0.1) is 0 Å². The Morgan fingerprint density at radius 1 is 1.42 bits per heavy atom. The van der Waals surface area contributed by atoms with Crippen molar-refractivity contribution in [1.29, 1.82) is 0 Å². The molecule has 7 nitrogen and oxygen atoms in total. The standard InChI is InChI=1S/C11H10ClNO6/c1-19-11-7(9(14)2-3-10(15)16)4-6(12)5-8(11)13(17)18/h4-5H,2-3H2,1H3,(H,15,16). The maximum atomic E-state index is 11.8. The Morgan fingerprint density at radius 2 is 2.05 bits per heavy atom. The van der Waals surface area contributed by atoms with E-state index in [1.165, 1.54) is 13.2 Å². The van der Waals surface area contributed by atoms with E-state index >= 15 is 0 Å². The van der Waals surface area contributed by atoms with Crippen molar-refractivity contribution in [1.82, 2.24) is 0 Å². The SMILES string of the molecule is COc1c(C(=O)CCC(=O)O)cc(Cl)cc1[N+](=O)[O-]. The number of methoxy groups -OCH3 is 1. The first-order chi connectivity index (χ1) is 8.86. The fourth-order valence-corrected chi connectivity index (χ4v) is 1.70. The zero-order valence-corrected chi connectivity index (χ0v) is 10.6. The minimum absolute atomic E-state index is 0.00572. The van der Waals surface area contributed by atoms with E-state index in [9.17, 15) is 19.7 Å². The number of rotatable bonds is 6. The van der Waals surface area contributed by atoms with Gasteiger partial charge in [0.25, 0.3) is 0 Å². The number of hydrogen-bond acceptors (Lipinski definition) is 5. The molecule has 102 valence electrons. The second kappa shape index (κ2) is 6.14. The number of halogens is 1. The van der Waals surface area contributed by atoms with Crippen LogP contribution in [-0.2, 0) is 4.79 Å². The molecule has 0 atom stereocenters. The third-order valence-corrected chi connectivity index (χ3v) is 2.52. The van der Waals surface area contributed by atoms with Crippen molar-refractivity contribution in [2.45, 2.75) is 12.8 Å². The molecule has 1 aromatic carbocycles. The van der Waals surface area contributed by atoms with E-state index in [-0.39, 0.29) is 29.2 Å². The Balaban J connectivity index is 3.22. The summed E-state index contributed by atoms with van der Waals surface area (Å²) in [6.07, 6.45) is -0.661. The molecular formula is C11H10ClNO6. The number of carboxylic acid groups (broad SMARTS) is 1. The van der Waals surface area contributed by atoms with Crippen LogP contribution in [0.4, 0.5) is 5.69 Å². The van der Waals surface area contributed by atoms with Crippen LogP contribution in [0.1, 0.15) is 23.2 Å². The molecular weight excluding hydrogens is 278 g/mol. The van der Waals surface area contributed by atoms with E-state index in [1.807, 2.05) is 0 Å². The van der Waals surface area contributed by atoms with Crippen molar-refractivity contribution in [3.63, 3.8) is 0 Å². The molecule has 0 aliphatic rings. The van der Waals surface area contributed by atoms with Crippen molar-refractivity contribution in [2.24, 2.45) is 0 Å². The highest BCUT2D eigenvalue weighted by molar-refractivity contribution is 6.31. The van der Waals surface area contributed by atoms with Gasteiger partial charge in [0.05, 0.1) is 24.0 Å². The Kier molecular flexibility index (Phi) is 4.82. The van der Waals surface area contributed by atoms with Gasteiger partial charge in [0.15, 0.2) is 5.78 Å². The van der Waals surface area contributed by atoms with E-state index in [0.29, 0.717) is 0 Å². The predicted octanol–water partition coefficient (Wildman–Crippen LogP) is 2.30. The van der Waals surface area contributed by atoms with Crippen LogP contribution in [0.3, 0.4) is 0 Å². The Bertz CT molecular complexity index is 542. The van der Waals surface area contributed by atoms with Gasteiger partial charge < -0.3 is 9.84 Å². The summed E-state index contributed by atoms with van der Waals surface area (Å²) in [6, 6.07) is 2.28. The van der Waals surface area contributed by atoms with Crippen molar-refractivity contribution >= 4 is 29.0 Å². The van der Waals surface area contributed by atoms with Crippen LogP contribution >= 0.6 is 11.6 Å². The second-order valence-corrected chi connectivity index (χ2v) is 4.02. The van der Waals surface area contributed by atoms with Crippen molar-refractivity contribution in [2.75, 3.05) is 7.11 Å². The molecule has 1 rings (SSSR count). The highest BCUT2D eigenvalue weighted by Gasteiger charge is 2.24. The minimum atomic E-state index is -1.14. The number of carboxylic acids is 1. The molecule has 0 saturated heterocycles. The highest BCUT2D eigenvalue weighted by Crippen LogP contribution is 2.35. The average molecular weight is 288 g/mol. The maximum Gasteiger partial charge on any atom is 0.313 e. The molecule has 0 amide bonds. The zero-order valence-electron chi connectivity index (χ0n) is 9.88. The van der Waals surface area contributed by atoms with Gasteiger partial charge in [0.1, 0.15) is 0 Å². The molecule has 0 aromatic heterocycles. The van der Waals surface area contributed by atoms with Gasteiger partial charge in [0, 0.05) is 17.5 Å². The monoisotopic (exact) mass is 287 g/mol. The number of Topliss-reactive ketones (excluding diaryl/α,β-unsaturated/α-hetero) is 1. The average Bonchev–Trinajstić information content (AvgIpc) is 2.34. The minimum Gasteiger partial charge on any atom is -0.490 e. The van der Waals surface area contributed by atoms with Gasteiger partial charge in [-0.2, -0.15) is 0 Å². The van der Waals surface area contributed by atoms with Crippen LogP contribution in [0.2, 0.25) is 5.02 Å². The first-order valence-electron chi connectivity index (χ1n) is 5.13. The van der Waals surface area contributed by atoms with Crippen LogP contribution in [0.5, 0.6) is 5.75 Å². The maximum absolute atomic E-state index is 11.8. The van der Waals surface area contributed by atoms with Crippen LogP contribution in [0.15, 0.2) is 12.1 Å². The van der Waals surface area contributed by atoms with E-state index < -0.39 is 22.4 Å². The van der Waals surface area contributed by atoms with E-state index in [2.05, 4.69) is 0 Å². The lowest BCUT2D eigenvalue weighted by Gasteiger charge is -2.08. The van der Waals surface area contributed by atoms with Gasteiger partial charge in [-0.05, 0) is 6.07 Å². The first kappa shape index (κ1) is 14.9. The number of carbonyl (C=O) groups is 2. The van der Waals surface area contributed by atoms with Crippen molar-refractivity contribution in [3.8, 4) is 5.75 Å². The molecule has 0 radical (unpaired) electrons. The number of nitrogens with zero attached hydrogens (tertiary/aromatic N) is 1. The molecule has 0 saturated carbocycles. The molecule has 0 heterocycles. The van der Waals surface area contributed by atoms with Gasteiger partial charge >= 0.3 is 11.7 Å². The topological polar surface area (TPSA) is 107 Å². The Labute approximate surface area is 112 Å². The smallest absolute Gasteiger partial charge is 0.313 e. The van der Waals surface area contributed by atoms with E-state index in [4.69, 9.17) is 21.4 Å². The van der Waals surface area contributed by atoms with Crippen LogP contribution < -0.4 is 4.74 Å². The van der Waals surface area contributed by atoms with Crippen LogP contribution in [0, 0.1) is 10.1 Å². The number of nitro benzene ring substituents is 1. The Morgan fingerprint density at radius 3 is 2.53 bits per heavy atom. The summed E-state index contributed by atoms with van der Waals surface area (Å²) in [7, 11) is 1.18. The summed E-state index contributed by atoms with van der Waals surface area (Å²) < 4.78 is 4.85. The summed E-state index contributed by atoms with van der Waals surface area (Å²) in [4.78, 5) is 32.4. The third-order valence-electron chi connectivity index (χ3n) is 2.30. The largest absolute Gasteiger partial charge is 0.490 e. The number of aliphatic carboxylic acids is 1. The fourth-order valence-electron chi connectivity index (χ4n) is 1.49. The number of ether oxygens (including phenoxy) is 1. The lowest BCUT2D eigenvalue weighted by atomic mass is 10.0. The van der Waals surface area contributed by atoms with Crippen molar-refractivity contribution in [3.05, 3.63) is 32.8 Å². The fraction of sp³-hybridized carbons (Fsp3) is 0.273. The lowest BCUT2D eigenvalue weighted by Crippen LogP contribution is -2.07. The summed E-state index contributed by atoms with van der Waals surface area (Å²) in [5.41, 5.74) is -0.531. The van der Waals surface area contributed by atoms with Crippen LogP contribution in [-0.4, -0.2) is 28.9 Å². The molecule has 8 heteroatoms. The number of benzene rings is 1. The van der Waals surface area contributed by atoms with Gasteiger partial charge in [-0.3, -0.25) is 19.7 Å². The normalized spacial score (nSPS) is 10.0. The Hall–Kier alpha value is -2.15. The molecule has 1 aromatic rings. The molecule has 0 aliphatic carbocycles. The predicted molar refractivity (Wildman–Crippen MR) is 65.9 cm³/mol. The van der Waals surface area contributed by atoms with Crippen LogP contribution in [0.25, 0.3) is 0 Å². The summed E-state index contributed by atoms with van der Waals surface area (Å²) in [5.74, 6) is -1.93. The molecule has 0 aliphatic heterocycles. The molecule has 1 N–H and O–H groups in total. The number of hydrogen-bond donors (Lipinski definition) is 1. The number of carbonyl (C=O) groups excluding carboxylic acids is 1. The zero-order chi connectivity index (χ0) is 14.6. The van der Waals surface area contributed by atoms with Gasteiger partial charge in [-0.1, -0.05) is 11.6 Å². The van der Waals surface area contributed by atoms with Gasteiger partial charge in [0.2, 0.25) is 5.75 Å². The summed E-state index contributed by atoms with van der Waals surface area (Å²) in [6.45, 7) is 0. The third kappa shape index (κ3) is 3.65. The van der Waals surface area contributed by atoms with Crippen molar-refractivity contribution < 1.29 is 24.4 Å². The molecule has 0 fully saturated rings.